The first kappa shape index (κ1) is 15.2. The van der Waals surface area contributed by atoms with Gasteiger partial charge in [0.1, 0.15) is 5.82 Å². The highest BCUT2D eigenvalue weighted by molar-refractivity contribution is 9.10. The van der Waals surface area contributed by atoms with Gasteiger partial charge in [0.2, 0.25) is 0 Å². The van der Waals surface area contributed by atoms with Gasteiger partial charge in [-0.3, -0.25) is 4.68 Å². The molecule has 108 valence electrons. The number of aryl methyl sites for hydroxylation is 1. The Morgan fingerprint density at radius 1 is 1.40 bits per heavy atom. The van der Waals surface area contributed by atoms with Crippen LogP contribution in [0.2, 0.25) is 0 Å². The third-order valence-corrected chi connectivity index (χ3v) is 4.54. The van der Waals surface area contributed by atoms with Crippen LogP contribution in [0, 0.1) is 19.7 Å². The second-order valence-corrected chi connectivity index (χ2v) is 5.76. The minimum Gasteiger partial charge on any atom is -0.313 e. The Balaban J connectivity index is 2.38. The lowest BCUT2D eigenvalue weighted by atomic mass is 10.1. The average Bonchev–Trinajstić information content (AvgIpc) is 2.69. The van der Waals surface area contributed by atoms with E-state index in [9.17, 15) is 4.39 Å². The molecule has 0 saturated heterocycles. The Bertz CT molecular complexity index is 622. The second kappa shape index (κ2) is 6.06. The summed E-state index contributed by atoms with van der Waals surface area (Å²) in [7, 11) is 1.93. The van der Waals surface area contributed by atoms with Crippen molar-refractivity contribution in [1.29, 1.82) is 0 Å². The molecule has 20 heavy (non-hydrogen) atoms. The zero-order chi connectivity index (χ0) is 14.9. The van der Waals surface area contributed by atoms with Crippen molar-refractivity contribution >= 4 is 15.9 Å². The van der Waals surface area contributed by atoms with Crippen LogP contribution in [0.4, 0.5) is 4.39 Å². The number of halogens is 2. The van der Waals surface area contributed by atoms with E-state index in [1.54, 1.807) is 6.07 Å². The zero-order valence-electron chi connectivity index (χ0n) is 12.2. The van der Waals surface area contributed by atoms with Crippen molar-refractivity contribution in [3.05, 3.63) is 51.0 Å². The predicted molar refractivity (Wildman–Crippen MR) is 82.4 cm³/mol. The maximum atomic E-state index is 13.6. The van der Waals surface area contributed by atoms with Crippen LogP contribution in [0.3, 0.4) is 0 Å². The summed E-state index contributed by atoms with van der Waals surface area (Å²) in [5, 5.41) is 7.82. The first-order chi connectivity index (χ1) is 9.45. The summed E-state index contributed by atoms with van der Waals surface area (Å²) in [6, 6.07) is 5.33. The van der Waals surface area contributed by atoms with Gasteiger partial charge in [-0.15, -0.1) is 0 Å². The minimum absolute atomic E-state index is 0.243. The van der Waals surface area contributed by atoms with Gasteiger partial charge in [-0.2, -0.15) is 5.10 Å². The Morgan fingerprint density at radius 2 is 2.10 bits per heavy atom. The van der Waals surface area contributed by atoms with Gasteiger partial charge in [0.15, 0.2) is 0 Å². The predicted octanol–water partition coefficient (Wildman–Crippen LogP) is 3.73. The summed E-state index contributed by atoms with van der Waals surface area (Å²) < 4.78 is 16.0. The summed E-state index contributed by atoms with van der Waals surface area (Å²) in [5.41, 5.74) is 4.22. The van der Waals surface area contributed by atoms with Gasteiger partial charge in [-0.1, -0.05) is 12.1 Å². The summed E-state index contributed by atoms with van der Waals surface area (Å²) in [6.07, 6.45) is 0. The molecule has 0 fully saturated rings. The highest BCUT2D eigenvalue weighted by Gasteiger charge is 2.17. The van der Waals surface area contributed by atoms with Gasteiger partial charge in [0.05, 0.1) is 16.7 Å². The van der Waals surface area contributed by atoms with E-state index in [-0.39, 0.29) is 11.9 Å². The van der Waals surface area contributed by atoms with Crippen LogP contribution in [0.25, 0.3) is 0 Å². The van der Waals surface area contributed by atoms with Gasteiger partial charge in [0, 0.05) is 17.3 Å². The molecule has 1 aromatic carbocycles. The topological polar surface area (TPSA) is 29.9 Å². The molecule has 1 aromatic heterocycles. The molecule has 1 atom stereocenters. The summed E-state index contributed by atoms with van der Waals surface area (Å²) in [5.74, 6) is -0.243. The van der Waals surface area contributed by atoms with Gasteiger partial charge in [-0.05, 0) is 55.4 Å². The van der Waals surface area contributed by atoms with Crippen molar-refractivity contribution < 1.29 is 4.39 Å². The number of hydrogen-bond acceptors (Lipinski definition) is 2. The van der Waals surface area contributed by atoms with Crippen molar-refractivity contribution in [2.45, 2.75) is 33.4 Å². The van der Waals surface area contributed by atoms with Gasteiger partial charge in [-0.25, -0.2) is 4.39 Å². The number of nitrogens with one attached hydrogen (secondary N) is 1. The number of benzene rings is 1. The maximum absolute atomic E-state index is 13.6. The maximum Gasteiger partial charge on any atom is 0.137 e. The van der Waals surface area contributed by atoms with Crippen LogP contribution in [-0.4, -0.2) is 16.8 Å². The van der Waals surface area contributed by atoms with Gasteiger partial charge < -0.3 is 5.32 Å². The third-order valence-electron chi connectivity index (χ3n) is 3.66. The molecule has 0 aliphatic rings. The molecule has 3 nitrogen and oxygen atoms in total. The molecule has 2 rings (SSSR count). The van der Waals surface area contributed by atoms with Crippen LogP contribution in [0.15, 0.2) is 22.7 Å². The Morgan fingerprint density at radius 3 is 2.75 bits per heavy atom. The molecule has 0 radical (unpaired) electrons. The molecule has 1 unspecified atom stereocenters. The Hall–Kier alpha value is -1.20. The number of rotatable bonds is 4. The van der Waals surface area contributed by atoms with Crippen molar-refractivity contribution in [2.24, 2.45) is 0 Å². The molecule has 5 heteroatoms. The lowest BCUT2D eigenvalue weighted by molar-refractivity contribution is 0.606. The van der Waals surface area contributed by atoms with E-state index < -0.39 is 0 Å². The molecule has 0 aliphatic heterocycles. The number of hydrogen-bond donors (Lipinski definition) is 1. The lowest BCUT2D eigenvalue weighted by Crippen LogP contribution is -2.14. The number of nitrogens with zero attached hydrogens (tertiary/aromatic N) is 2. The van der Waals surface area contributed by atoms with Crippen LogP contribution >= 0.6 is 15.9 Å². The highest BCUT2D eigenvalue weighted by Crippen LogP contribution is 2.25. The van der Waals surface area contributed by atoms with E-state index in [1.807, 2.05) is 24.7 Å². The van der Waals surface area contributed by atoms with Gasteiger partial charge in [0.25, 0.3) is 0 Å². The SMILES string of the molecule is CNC(C)c1c(C)nn(Cc2cccc(F)c2Br)c1C. The van der Waals surface area contributed by atoms with Crippen LogP contribution in [0.1, 0.15) is 35.5 Å². The van der Waals surface area contributed by atoms with Crippen molar-refractivity contribution in [2.75, 3.05) is 7.05 Å². The second-order valence-electron chi connectivity index (χ2n) is 4.97. The van der Waals surface area contributed by atoms with E-state index in [0.717, 1.165) is 17.0 Å². The molecular formula is C15H19BrFN3. The molecule has 0 amide bonds. The monoisotopic (exact) mass is 339 g/mol. The number of aromatic nitrogens is 2. The molecule has 0 spiro atoms. The largest absolute Gasteiger partial charge is 0.313 e. The average molecular weight is 340 g/mol. The Labute approximate surface area is 127 Å². The molecule has 0 bridgehead atoms. The van der Waals surface area contributed by atoms with Crippen molar-refractivity contribution in [3.8, 4) is 0 Å². The van der Waals surface area contributed by atoms with E-state index >= 15 is 0 Å². The van der Waals surface area contributed by atoms with Crippen LogP contribution < -0.4 is 5.32 Å². The summed E-state index contributed by atoms with van der Waals surface area (Å²) in [4.78, 5) is 0. The van der Waals surface area contributed by atoms with E-state index in [2.05, 4.69) is 40.2 Å². The van der Waals surface area contributed by atoms with Crippen LogP contribution in [-0.2, 0) is 6.54 Å². The standard InChI is InChI=1S/C15H19BrFN3/c1-9(18-4)14-10(2)19-20(11(14)3)8-12-6-5-7-13(17)15(12)16/h5-7,9,18H,8H2,1-4H3. The fraction of sp³-hybridized carbons (Fsp3) is 0.400. The summed E-state index contributed by atoms with van der Waals surface area (Å²) >= 11 is 3.30. The van der Waals surface area contributed by atoms with Gasteiger partial charge >= 0.3 is 0 Å². The zero-order valence-corrected chi connectivity index (χ0v) is 13.8. The van der Waals surface area contributed by atoms with E-state index in [1.165, 1.54) is 11.6 Å². The molecule has 1 N–H and O–H groups in total. The molecule has 1 heterocycles. The van der Waals surface area contributed by atoms with Crippen molar-refractivity contribution in [3.63, 3.8) is 0 Å². The fourth-order valence-electron chi connectivity index (χ4n) is 2.47. The lowest BCUT2D eigenvalue weighted by Gasteiger charge is -2.12. The first-order valence-electron chi connectivity index (χ1n) is 6.59. The molecule has 2 aromatic rings. The Kier molecular flexibility index (Phi) is 4.60. The first-order valence-corrected chi connectivity index (χ1v) is 7.39. The smallest absolute Gasteiger partial charge is 0.137 e. The van der Waals surface area contributed by atoms with E-state index in [4.69, 9.17) is 0 Å². The summed E-state index contributed by atoms with van der Waals surface area (Å²) in [6.45, 7) is 6.73. The molecule has 0 saturated carbocycles. The minimum atomic E-state index is -0.243. The molecular weight excluding hydrogens is 321 g/mol. The molecule has 0 aliphatic carbocycles. The third kappa shape index (κ3) is 2.79. The fourth-order valence-corrected chi connectivity index (χ4v) is 2.86. The normalized spacial score (nSPS) is 12.7. The van der Waals surface area contributed by atoms with Crippen LogP contribution in [0.5, 0.6) is 0 Å². The highest BCUT2D eigenvalue weighted by atomic mass is 79.9. The quantitative estimate of drug-likeness (QED) is 0.919. The van der Waals surface area contributed by atoms with Crippen molar-refractivity contribution in [1.82, 2.24) is 15.1 Å². The van der Waals surface area contributed by atoms with E-state index in [0.29, 0.717) is 11.0 Å².